The van der Waals surface area contributed by atoms with Crippen molar-refractivity contribution < 1.29 is 9.47 Å². The predicted octanol–water partition coefficient (Wildman–Crippen LogP) is 3.50. The van der Waals surface area contributed by atoms with Gasteiger partial charge in [0, 0.05) is 30.8 Å². The Hall–Kier alpha value is -1.22. The van der Waals surface area contributed by atoms with Crippen LogP contribution in [0.25, 0.3) is 0 Å². The van der Waals surface area contributed by atoms with Crippen LogP contribution >= 0.6 is 24.0 Å². The molecule has 0 aliphatic carbocycles. The second-order valence-corrected chi connectivity index (χ2v) is 6.58. The number of methoxy groups -OCH3 is 2. The van der Waals surface area contributed by atoms with Gasteiger partial charge >= 0.3 is 0 Å². The zero-order valence-corrected chi connectivity index (χ0v) is 20.0. The average Bonchev–Trinajstić information content (AvgIpc) is 2.65. The Balaban J connectivity index is 0.00000676. The average molecular weight is 492 g/mol. The van der Waals surface area contributed by atoms with Crippen molar-refractivity contribution >= 4 is 29.9 Å². The van der Waals surface area contributed by atoms with E-state index in [9.17, 15) is 0 Å². The van der Waals surface area contributed by atoms with Gasteiger partial charge in [0.15, 0.2) is 5.96 Å². The van der Waals surface area contributed by atoms with Crippen LogP contribution in [-0.4, -0.2) is 57.8 Å². The Kier molecular flexibility index (Phi) is 14.1. The molecule has 0 aliphatic heterocycles. The molecule has 0 radical (unpaired) electrons. The number of benzene rings is 1. The summed E-state index contributed by atoms with van der Waals surface area (Å²) in [7, 11) is 5.49. The molecule has 1 rings (SSSR count). The summed E-state index contributed by atoms with van der Waals surface area (Å²) in [5.74, 6) is 2.41. The third kappa shape index (κ3) is 10.0. The largest absolute Gasteiger partial charge is 0.497 e. The molecule has 0 spiro atoms. The Labute approximate surface area is 182 Å². The molecule has 0 fully saturated rings. The highest BCUT2D eigenvalue weighted by atomic mass is 127. The summed E-state index contributed by atoms with van der Waals surface area (Å²) in [5.41, 5.74) is 1.03. The first kappa shape index (κ1) is 25.8. The second-order valence-electron chi connectivity index (χ2n) is 6.58. The minimum atomic E-state index is 0. The molecule has 6 nitrogen and oxygen atoms in total. The van der Waals surface area contributed by atoms with E-state index < -0.39 is 0 Å². The van der Waals surface area contributed by atoms with E-state index in [1.807, 2.05) is 18.2 Å². The van der Waals surface area contributed by atoms with Crippen molar-refractivity contribution in [2.24, 2.45) is 4.99 Å². The lowest BCUT2D eigenvalue weighted by Gasteiger charge is -2.20. The molecular formula is C20H37IN4O2. The fraction of sp³-hybridized carbons (Fsp3) is 0.650. The van der Waals surface area contributed by atoms with Crippen LogP contribution in [0, 0.1) is 0 Å². The van der Waals surface area contributed by atoms with Crippen molar-refractivity contribution in [3.63, 3.8) is 0 Å². The molecule has 1 aromatic rings. The quantitative estimate of drug-likeness (QED) is 0.214. The van der Waals surface area contributed by atoms with Gasteiger partial charge in [-0.3, -0.25) is 0 Å². The Bertz CT molecular complexity index is 553. The molecule has 0 amide bonds. The number of halogens is 1. The van der Waals surface area contributed by atoms with E-state index in [0.29, 0.717) is 12.6 Å². The van der Waals surface area contributed by atoms with Crippen LogP contribution in [0.4, 0.5) is 0 Å². The van der Waals surface area contributed by atoms with E-state index in [2.05, 4.69) is 48.3 Å². The molecular weight excluding hydrogens is 455 g/mol. The van der Waals surface area contributed by atoms with Crippen LogP contribution in [0.3, 0.4) is 0 Å². The first-order valence-electron chi connectivity index (χ1n) is 9.45. The number of hydrogen-bond acceptors (Lipinski definition) is 4. The fourth-order valence-corrected chi connectivity index (χ4v) is 2.44. The van der Waals surface area contributed by atoms with Gasteiger partial charge in [0.05, 0.1) is 20.8 Å². The minimum Gasteiger partial charge on any atom is -0.497 e. The Morgan fingerprint density at radius 2 is 1.89 bits per heavy atom. The molecule has 1 aromatic carbocycles. The Morgan fingerprint density at radius 1 is 1.15 bits per heavy atom. The molecule has 0 unspecified atom stereocenters. The maximum atomic E-state index is 5.44. The molecule has 0 aliphatic rings. The summed E-state index contributed by atoms with van der Waals surface area (Å²) in [6.45, 7) is 9.94. The fourth-order valence-electron chi connectivity index (χ4n) is 2.44. The second kappa shape index (κ2) is 14.8. The SMILES string of the molecule is CCNC(=NCc1ccc(OC)cc1OC)NCCCCN(C)C(C)C.I. The zero-order chi connectivity index (χ0) is 19.4. The van der Waals surface area contributed by atoms with Crippen molar-refractivity contribution in [1.82, 2.24) is 15.5 Å². The monoisotopic (exact) mass is 492 g/mol. The van der Waals surface area contributed by atoms with Crippen LogP contribution in [0.5, 0.6) is 11.5 Å². The van der Waals surface area contributed by atoms with Crippen molar-refractivity contribution in [2.75, 3.05) is 40.9 Å². The van der Waals surface area contributed by atoms with Crippen molar-refractivity contribution in [3.05, 3.63) is 23.8 Å². The van der Waals surface area contributed by atoms with Gasteiger partial charge in [-0.05, 0) is 59.3 Å². The Morgan fingerprint density at radius 3 is 2.48 bits per heavy atom. The molecule has 156 valence electrons. The van der Waals surface area contributed by atoms with Crippen molar-refractivity contribution in [3.8, 4) is 11.5 Å². The molecule has 0 saturated heterocycles. The first-order valence-corrected chi connectivity index (χ1v) is 9.45. The number of rotatable bonds is 11. The number of nitrogens with one attached hydrogen (secondary N) is 2. The van der Waals surface area contributed by atoms with Gasteiger partial charge in [0.2, 0.25) is 0 Å². The molecule has 0 atom stereocenters. The molecule has 7 heteroatoms. The number of unbranched alkanes of at least 4 members (excludes halogenated alkanes) is 1. The lowest BCUT2D eigenvalue weighted by atomic mass is 10.2. The normalized spacial score (nSPS) is 11.3. The van der Waals surface area contributed by atoms with E-state index in [0.717, 1.165) is 49.1 Å². The third-order valence-corrected chi connectivity index (χ3v) is 4.36. The minimum absolute atomic E-state index is 0. The van der Waals surface area contributed by atoms with Crippen LogP contribution in [0.2, 0.25) is 0 Å². The smallest absolute Gasteiger partial charge is 0.191 e. The summed E-state index contributed by atoms with van der Waals surface area (Å²) in [5, 5.41) is 6.70. The van der Waals surface area contributed by atoms with E-state index in [1.54, 1.807) is 14.2 Å². The highest BCUT2D eigenvalue weighted by Crippen LogP contribution is 2.25. The standard InChI is InChI=1S/C20H36N4O2.HI/c1-7-21-20(22-12-8-9-13-24(4)16(2)3)23-15-17-10-11-18(25-5)14-19(17)26-6;/h10-11,14,16H,7-9,12-13,15H2,1-6H3,(H2,21,22,23);1H. The van der Waals surface area contributed by atoms with Gasteiger partial charge < -0.3 is 25.0 Å². The summed E-state index contributed by atoms with van der Waals surface area (Å²) < 4.78 is 10.7. The number of hydrogen-bond donors (Lipinski definition) is 2. The van der Waals surface area contributed by atoms with Crippen LogP contribution < -0.4 is 20.1 Å². The van der Waals surface area contributed by atoms with Crippen molar-refractivity contribution in [2.45, 2.75) is 46.2 Å². The highest BCUT2D eigenvalue weighted by Gasteiger charge is 2.06. The number of nitrogens with zero attached hydrogens (tertiary/aromatic N) is 2. The van der Waals surface area contributed by atoms with Gasteiger partial charge in [-0.15, -0.1) is 24.0 Å². The van der Waals surface area contributed by atoms with E-state index in [1.165, 1.54) is 6.42 Å². The molecule has 2 N–H and O–H groups in total. The van der Waals surface area contributed by atoms with Gasteiger partial charge in [-0.25, -0.2) is 4.99 Å². The topological polar surface area (TPSA) is 58.1 Å². The summed E-state index contributed by atoms with van der Waals surface area (Å²) in [6, 6.07) is 6.41. The molecule has 0 aromatic heterocycles. The van der Waals surface area contributed by atoms with Crippen LogP contribution in [-0.2, 0) is 6.54 Å². The van der Waals surface area contributed by atoms with Crippen LogP contribution in [0.15, 0.2) is 23.2 Å². The first-order chi connectivity index (χ1) is 12.5. The molecule has 27 heavy (non-hydrogen) atoms. The van der Waals surface area contributed by atoms with Gasteiger partial charge in [-0.1, -0.05) is 0 Å². The zero-order valence-electron chi connectivity index (χ0n) is 17.7. The van der Waals surface area contributed by atoms with Gasteiger partial charge in [-0.2, -0.15) is 0 Å². The highest BCUT2D eigenvalue weighted by molar-refractivity contribution is 14.0. The van der Waals surface area contributed by atoms with Gasteiger partial charge in [0.1, 0.15) is 11.5 Å². The van der Waals surface area contributed by atoms with E-state index >= 15 is 0 Å². The maximum absolute atomic E-state index is 5.44. The predicted molar refractivity (Wildman–Crippen MR) is 125 cm³/mol. The van der Waals surface area contributed by atoms with Gasteiger partial charge in [0.25, 0.3) is 0 Å². The summed E-state index contributed by atoms with van der Waals surface area (Å²) in [6.07, 6.45) is 2.29. The molecule has 0 heterocycles. The number of guanidine groups is 1. The van der Waals surface area contributed by atoms with E-state index in [-0.39, 0.29) is 24.0 Å². The summed E-state index contributed by atoms with van der Waals surface area (Å²) >= 11 is 0. The molecule has 0 bridgehead atoms. The lowest BCUT2D eigenvalue weighted by Crippen LogP contribution is -2.38. The van der Waals surface area contributed by atoms with E-state index in [4.69, 9.17) is 9.47 Å². The lowest BCUT2D eigenvalue weighted by molar-refractivity contribution is 0.268. The number of ether oxygens (including phenoxy) is 2. The maximum Gasteiger partial charge on any atom is 0.191 e. The molecule has 0 saturated carbocycles. The third-order valence-electron chi connectivity index (χ3n) is 4.36. The van der Waals surface area contributed by atoms with Crippen LogP contribution in [0.1, 0.15) is 39.2 Å². The number of aliphatic imine (C=N–C) groups is 1. The summed E-state index contributed by atoms with van der Waals surface area (Å²) in [4.78, 5) is 7.04. The van der Waals surface area contributed by atoms with Crippen molar-refractivity contribution in [1.29, 1.82) is 0 Å².